The van der Waals surface area contributed by atoms with Gasteiger partial charge >= 0.3 is 0 Å². The average molecular weight is 320 g/mol. The molecule has 0 aliphatic carbocycles. The maximum absolute atomic E-state index is 12.1. The summed E-state index contributed by atoms with van der Waals surface area (Å²) in [5.41, 5.74) is 1.87. The minimum Gasteiger partial charge on any atom is -0.495 e. The van der Waals surface area contributed by atoms with Gasteiger partial charge in [0.25, 0.3) is 0 Å². The van der Waals surface area contributed by atoms with Crippen LogP contribution in [0.5, 0.6) is 5.75 Å². The summed E-state index contributed by atoms with van der Waals surface area (Å²) in [5, 5.41) is 3.01. The lowest BCUT2D eigenvalue weighted by Crippen LogP contribution is -2.22. The van der Waals surface area contributed by atoms with Gasteiger partial charge in [0.05, 0.1) is 12.8 Å². The average Bonchev–Trinajstić information content (AvgIpc) is 2.56. The van der Waals surface area contributed by atoms with Crippen molar-refractivity contribution in [3.63, 3.8) is 0 Å². The van der Waals surface area contributed by atoms with E-state index in [4.69, 9.17) is 4.74 Å². The number of hydrogen-bond acceptors (Lipinski definition) is 3. The molecule has 0 saturated heterocycles. The van der Waals surface area contributed by atoms with Crippen molar-refractivity contribution in [2.24, 2.45) is 0 Å². The molecule has 130 valence electrons. The normalized spacial score (nSPS) is 10.4. The Hall–Kier alpha value is -1.71. The fraction of sp³-hybridized carbons (Fsp3) is 0.632. The van der Waals surface area contributed by atoms with Crippen LogP contribution in [0.2, 0.25) is 0 Å². The van der Waals surface area contributed by atoms with Gasteiger partial charge in [-0.1, -0.05) is 32.6 Å². The van der Waals surface area contributed by atoms with Crippen LogP contribution in [0.15, 0.2) is 18.2 Å². The SMILES string of the molecule is CCCCCCCC(=O)Nc1ccc(OC)c(N(CC)CC)c1. The van der Waals surface area contributed by atoms with E-state index >= 15 is 0 Å². The second-order valence-corrected chi connectivity index (χ2v) is 5.77. The first-order valence-corrected chi connectivity index (χ1v) is 8.89. The van der Waals surface area contributed by atoms with Crippen LogP contribution in [-0.2, 0) is 4.79 Å². The van der Waals surface area contributed by atoms with Gasteiger partial charge in [-0.3, -0.25) is 4.79 Å². The van der Waals surface area contributed by atoms with Crippen molar-refractivity contribution in [2.75, 3.05) is 30.4 Å². The first kappa shape index (κ1) is 19.3. The number of anilines is 2. The maximum atomic E-state index is 12.1. The molecule has 1 aromatic rings. The number of rotatable bonds is 11. The van der Waals surface area contributed by atoms with Crippen LogP contribution in [0.1, 0.15) is 59.3 Å². The molecular weight excluding hydrogens is 288 g/mol. The van der Waals surface area contributed by atoms with Gasteiger partial charge in [-0.25, -0.2) is 0 Å². The molecule has 0 aliphatic rings. The maximum Gasteiger partial charge on any atom is 0.224 e. The molecule has 1 aromatic carbocycles. The van der Waals surface area contributed by atoms with E-state index in [0.29, 0.717) is 6.42 Å². The van der Waals surface area contributed by atoms with Crippen molar-refractivity contribution in [3.05, 3.63) is 18.2 Å². The summed E-state index contributed by atoms with van der Waals surface area (Å²) >= 11 is 0. The van der Waals surface area contributed by atoms with Crippen LogP contribution in [-0.4, -0.2) is 26.1 Å². The number of nitrogens with one attached hydrogen (secondary N) is 1. The van der Waals surface area contributed by atoms with Crippen molar-refractivity contribution in [2.45, 2.75) is 59.3 Å². The third kappa shape index (κ3) is 6.51. The molecule has 0 saturated carbocycles. The van der Waals surface area contributed by atoms with E-state index in [0.717, 1.165) is 43.1 Å². The highest BCUT2D eigenvalue weighted by Gasteiger charge is 2.11. The van der Waals surface area contributed by atoms with E-state index in [-0.39, 0.29) is 5.91 Å². The van der Waals surface area contributed by atoms with Gasteiger partial charge in [0.2, 0.25) is 5.91 Å². The molecule has 1 amide bonds. The molecule has 0 radical (unpaired) electrons. The molecule has 0 atom stereocenters. The van der Waals surface area contributed by atoms with E-state index in [9.17, 15) is 4.79 Å². The van der Waals surface area contributed by atoms with Crippen LogP contribution in [0, 0.1) is 0 Å². The van der Waals surface area contributed by atoms with Gasteiger partial charge in [0, 0.05) is 25.2 Å². The quantitative estimate of drug-likeness (QED) is 0.593. The Morgan fingerprint density at radius 1 is 1.09 bits per heavy atom. The highest BCUT2D eigenvalue weighted by atomic mass is 16.5. The van der Waals surface area contributed by atoms with Crippen LogP contribution in [0.4, 0.5) is 11.4 Å². The molecule has 0 fully saturated rings. The Morgan fingerprint density at radius 2 is 1.78 bits per heavy atom. The van der Waals surface area contributed by atoms with E-state index < -0.39 is 0 Å². The second-order valence-electron chi connectivity index (χ2n) is 5.77. The molecule has 1 rings (SSSR count). The van der Waals surface area contributed by atoms with E-state index in [1.165, 1.54) is 19.3 Å². The van der Waals surface area contributed by atoms with Crippen molar-refractivity contribution in [3.8, 4) is 5.75 Å². The molecular formula is C19H32N2O2. The van der Waals surface area contributed by atoms with Gasteiger partial charge in [-0.2, -0.15) is 0 Å². The van der Waals surface area contributed by atoms with Crippen LogP contribution in [0.25, 0.3) is 0 Å². The standard InChI is InChI=1S/C19H32N2O2/c1-5-8-9-10-11-12-19(22)20-16-13-14-18(23-4)17(15-16)21(6-2)7-3/h13-15H,5-12H2,1-4H3,(H,20,22). The fourth-order valence-corrected chi connectivity index (χ4v) is 2.69. The second kappa shape index (κ2) is 10.9. The monoisotopic (exact) mass is 320 g/mol. The predicted octanol–water partition coefficient (Wildman–Crippen LogP) is 4.84. The topological polar surface area (TPSA) is 41.6 Å². The third-order valence-electron chi connectivity index (χ3n) is 4.07. The number of methoxy groups -OCH3 is 1. The molecule has 4 heteroatoms. The van der Waals surface area contributed by atoms with E-state index in [2.05, 4.69) is 31.0 Å². The Morgan fingerprint density at radius 3 is 2.39 bits per heavy atom. The molecule has 4 nitrogen and oxygen atoms in total. The highest BCUT2D eigenvalue weighted by molar-refractivity contribution is 5.91. The van der Waals surface area contributed by atoms with Crippen molar-refractivity contribution in [1.82, 2.24) is 0 Å². The lowest BCUT2D eigenvalue weighted by atomic mass is 10.1. The predicted molar refractivity (Wildman–Crippen MR) is 98.6 cm³/mol. The Labute approximate surface area is 141 Å². The van der Waals surface area contributed by atoms with Crippen molar-refractivity contribution in [1.29, 1.82) is 0 Å². The van der Waals surface area contributed by atoms with Gasteiger partial charge in [-0.15, -0.1) is 0 Å². The smallest absolute Gasteiger partial charge is 0.224 e. The van der Waals surface area contributed by atoms with Gasteiger partial charge in [-0.05, 0) is 38.5 Å². The van der Waals surface area contributed by atoms with E-state index in [1.807, 2.05) is 18.2 Å². The molecule has 0 aromatic heterocycles. The summed E-state index contributed by atoms with van der Waals surface area (Å²) in [7, 11) is 1.68. The first-order valence-electron chi connectivity index (χ1n) is 8.89. The molecule has 0 aliphatic heterocycles. The number of carbonyl (C=O) groups is 1. The number of hydrogen-bond donors (Lipinski definition) is 1. The largest absolute Gasteiger partial charge is 0.495 e. The molecule has 0 spiro atoms. The number of carbonyl (C=O) groups excluding carboxylic acids is 1. The Kier molecular flexibility index (Phi) is 9.18. The first-order chi connectivity index (χ1) is 11.2. The zero-order chi connectivity index (χ0) is 17.1. The highest BCUT2D eigenvalue weighted by Crippen LogP contribution is 2.31. The number of nitrogens with zero attached hydrogens (tertiary/aromatic N) is 1. The summed E-state index contributed by atoms with van der Waals surface area (Å²) in [6, 6.07) is 5.83. The summed E-state index contributed by atoms with van der Waals surface area (Å²) in [4.78, 5) is 14.3. The molecule has 0 heterocycles. The van der Waals surface area contributed by atoms with Gasteiger partial charge in [0.15, 0.2) is 0 Å². The number of amides is 1. The van der Waals surface area contributed by atoms with Crippen LogP contribution < -0.4 is 15.0 Å². The Bertz CT molecular complexity index is 470. The zero-order valence-corrected chi connectivity index (χ0v) is 15.2. The van der Waals surface area contributed by atoms with Crippen LogP contribution >= 0.6 is 0 Å². The fourth-order valence-electron chi connectivity index (χ4n) is 2.69. The third-order valence-corrected chi connectivity index (χ3v) is 4.07. The summed E-state index contributed by atoms with van der Waals surface area (Å²) in [6.45, 7) is 8.24. The molecule has 1 N–H and O–H groups in total. The molecule has 0 bridgehead atoms. The van der Waals surface area contributed by atoms with Gasteiger partial charge < -0.3 is 15.0 Å². The van der Waals surface area contributed by atoms with E-state index in [1.54, 1.807) is 7.11 Å². The zero-order valence-electron chi connectivity index (χ0n) is 15.2. The minimum absolute atomic E-state index is 0.0946. The van der Waals surface area contributed by atoms with Gasteiger partial charge in [0.1, 0.15) is 5.75 Å². The minimum atomic E-state index is 0.0946. The molecule has 0 unspecified atom stereocenters. The summed E-state index contributed by atoms with van der Waals surface area (Å²) in [5.74, 6) is 0.934. The summed E-state index contributed by atoms with van der Waals surface area (Å²) < 4.78 is 5.44. The molecule has 23 heavy (non-hydrogen) atoms. The lowest BCUT2D eigenvalue weighted by Gasteiger charge is -2.24. The number of benzene rings is 1. The van der Waals surface area contributed by atoms with Crippen molar-refractivity contribution >= 4 is 17.3 Å². The van der Waals surface area contributed by atoms with Crippen molar-refractivity contribution < 1.29 is 9.53 Å². The number of unbranched alkanes of at least 4 members (excludes halogenated alkanes) is 4. The summed E-state index contributed by atoms with van der Waals surface area (Å²) in [6.07, 6.45) is 6.40. The number of ether oxygens (including phenoxy) is 1. The lowest BCUT2D eigenvalue weighted by molar-refractivity contribution is -0.116. The van der Waals surface area contributed by atoms with Crippen LogP contribution in [0.3, 0.4) is 0 Å². The Balaban J connectivity index is 2.62.